The van der Waals surface area contributed by atoms with Crippen LogP contribution in [0.25, 0.3) is 0 Å². The molecule has 394 valence electrons. The van der Waals surface area contributed by atoms with Crippen LogP contribution in [0.15, 0.2) is 97.2 Å². The molecule has 0 spiro atoms. The third-order valence-electron chi connectivity index (χ3n) is 12.0. The van der Waals surface area contributed by atoms with E-state index in [0.29, 0.717) is 19.3 Å². The van der Waals surface area contributed by atoms with Crippen LogP contribution in [-0.2, 0) is 28.6 Å². The van der Waals surface area contributed by atoms with Crippen LogP contribution < -0.4 is 0 Å². The van der Waals surface area contributed by atoms with Crippen LogP contribution in [0.3, 0.4) is 0 Å². The fourth-order valence-corrected chi connectivity index (χ4v) is 7.74. The number of hydrogen-bond donors (Lipinski definition) is 0. The highest BCUT2D eigenvalue weighted by atomic mass is 16.6. The first-order chi connectivity index (χ1) is 34.0. The van der Waals surface area contributed by atoms with Crippen LogP contribution in [0.2, 0.25) is 0 Å². The molecule has 6 nitrogen and oxygen atoms in total. The van der Waals surface area contributed by atoms with E-state index < -0.39 is 6.10 Å². The lowest BCUT2D eigenvalue weighted by Crippen LogP contribution is -2.30. The minimum atomic E-state index is -0.813. The molecule has 0 radical (unpaired) electrons. The van der Waals surface area contributed by atoms with E-state index in [1.54, 1.807) is 0 Å². The zero-order valence-corrected chi connectivity index (χ0v) is 45.0. The van der Waals surface area contributed by atoms with Gasteiger partial charge in [-0.2, -0.15) is 0 Å². The molecule has 0 aliphatic carbocycles. The van der Waals surface area contributed by atoms with Gasteiger partial charge >= 0.3 is 17.9 Å². The Morgan fingerprint density at radius 1 is 0.304 bits per heavy atom. The number of carbonyl (C=O) groups is 3. The van der Waals surface area contributed by atoms with Crippen molar-refractivity contribution in [3.8, 4) is 0 Å². The molecule has 1 unspecified atom stereocenters. The maximum Gasteiger partial charge on any atom is 0.306 e. The average molecular weight is 960 g/mol. The largest absolute Gasteiger partial charge is 0.462 e. The maximum absolute atomic E-state index is 12.8. The fourth-order valence-electron chi connectivity index (χ4n) is 7.74. The number of ether oxygens (including phenoxy) is 3. The standard InChI is InChI=1S/C63H106O6/c1-4-7-10-13-16-19-22-25-28-30-31-33-35-38-41-44-47-50-53-56-62(65)68-59-60(58-67-61(64)55-52-49-46-43-40-37-34-27-24-21-18-15-12-9-6-3)69-63(66)57-54-51-48-45-42-39-36-32-29-26-23-20-17-14-11-8-5-2/h7,10,16,19,21,24-26,28-29,31,33,36,39,45,48,60H,4-6,8-9,11-15,17-18,20,22-23,27,30,32,34-35,37-38,40-44,46-47,49-59H2,1-3H3/b10-7-,19-16-,24-21-,28-25-,29-26-,33-31-,39-36-,48-45-. The number of hydrogen-bond acceptors (Lipinski definition) is 6. The molecule has 0 aliphatic rings. The first kappa shape index (κ1) is 65.3. The molecule has 0 amide bonds. The minimum absolute atomic E-state index is 0.105. The second-order valence-electron chi connectivity index (χ2n) is 18.8. The summed E-state index contributed by atoms with van der Waals surface area (Å²) in [5.41, 5.74) is 0. The molecule has 0 rings (SSSR count). The van der Waals surface area contributed by atoms with Crippen LogP contribution >= 0.6 is 0 Å². The van der Waals surface area contributed by atoms with E-state index in [9.17, 15) is 14.4 Å². The van der Waals surface area contributed by atoms with E-state index in [1.807, 2.05) is 0 Å². The van der Waals surface area contributed by atoms with Crippen molar-refractivity contribution in [2.24, 2.45) is 0 Å². The van der Waals surface area contributed by atoms with Crippen molar-refractivity contribution >= 4 is 17.9 Å². The van der Waals surface area contributed by atoms with E-state index in [0.717, 1.165) is 96.3 Å². The molecule has 0 N–H and O–H groups in total. The summed E-state index contributed by atoms with van der Waals surface area (Å²) in [5, 5.41) is 0. The molecule has 0 aromatic heterocycles. The van der Waals surface area contributed by atoms with Gasteiger partial charge in [0.15, 0.2) is 6.10 Å². The topological polar surface area (TPSA) is 78.9 Å². The number of rotatable bonds is 51. The normalized spacial score (nSPS) is 12.8. The highest BCUT2D eigenvalue weighted by Crippen LogP contribution is 2.14. The van der Waals surface area contributed by atoms with Gasteiger partial charge in [0.25, 0.3) is 0 Å². The molecule has 0 aromatic rings. The molecule has 0 fully saturated rings. The zero-order valence-electron chi connectivity index (χ0n) is 45.0. The summed E-state index contributed by atoms with van der Waals surface area (Å²) in [5.74, 6) is -0.974. The summed E-state index contributed by atoms with van der Waals surface area (Å²) in [4.78, 5) is 38.1. The summed E-state index contributed by atoms with van der Waals surface area (Å²) in [6.45, 7) is 6.46. The molecule has 0 heterocycles. The lowest BCUT2D eigenvalue weighted by atomic mass is 10.1. The van der Waals surface area contributed by atoms with Crippen molar-refractivity contribution in [3.05, 3.63) is 97.2 Å². The third kappa shape index (κ3) is 55.1. The number of esters is 3. The van der Waals surface area contributed by atoms with Gasteiger partial charge in [-0.3, -0.25) is 14.4 Å². The molecule has 69 heavy (non-hydrogen) atoms. The van der Waals surface area contributed by atoms with Crippen molar-refractivity contribution in [2.45, 2.75) is 271 Å². The van der Waals surface area contributed by atoms with Crippen molar-refractivity contribution in [1.29, 1.82) is 0 Å². The molecule has 0 aliphatic heterocycles. The van der Waals surface area contributed by atoms with Crippen LogP contribution in [0.1, 0.15) is 265 Å². The Morgan fingerprint density at radius 3 is 0.957 bits per heavy atom. The van der Waals surface area contributed by atoms with Gasteiger partial charge in [0.2, 0.25) is 0 Å². The van der Waals surface area contributed by atoms with Gasteiger partial charge in [0.1, 0.15) is 13.2 Å². The van der Waals surface area contributed by atoms with Crippen LogP contribution in [0, 0.1) is 0 Å². The summed E-state index contributed by atoms with van der Waals surface area (Å²) < 4.78 is 16.8. The molecule has 6 heteroatoms. The van der Waals surface area contributed by atoms with Gasteiger partial charge < -0.3 is 14.2 Å². The zero-order chi connectivity index (χ0) is 50.0. The average Bonchev–Trinajstić information content (AvgIpc) is 3.35. The van der Waals surface area contributed by atoms with E-state index in [4.69, 9.17) is 14.2 Å². The van der Waals surface area contributed by atoms with Crippen molar-refractivity contribution in [2.75, 3.05) is 13.2 Å². The highest BCUT2D eigenvalue weighted by molar-refractivity contribution is 5.71. The summed E-state index contributed by atoms with van der Waals surface area (Å²) >= 11 is 0. The fraction of sp³-hybridized carbons (Fsp3) is 0.698. The maximum atomic E-state index is 12.8. The van der Waals surface area contributed by atoms with Crippen LogP contribution in [0.5, 0.6) is 0 Å². The third-order valence-corrected chi connectivity index (χ3v) is 12.0. The molecular formula is C63H106O6. The van der Waals surface area contributed by atoms with E-state index >= 15 is 0 Å². The molecule has 0 saturated heterocycles. The molecular weight excluding hydrogens is 853 g/mol. The van der Waals surface area contributed by atoms with Gasteiger partial charge in [-0.1, -0.05) is 227 Å². The van der Waals surface area contributed by atoms with Crippen molar-refractivity contribution in [3.63, 3.8) is 0 Å². The second kappa shape index (κ2) is 56.9. The Balaban J connectivity index is 4.49. The van der Waals surface area contributed by atoms with Gasteiger partial charge in [-0.25, -0.2) is 0 Å². The number of unbranched alkanes of at least 4 members (excludes halogenated alkanes) is 24. The van der Waals surface area contributed by atoms with Gasteiger partial charge in [0.05, 0.1) is 0 Å². The Labute approximate surface area is 426 Å². The Morgan fingerprint density at radius 2 is 0.580 bits per heavy atom. The number of allylic oxidation sites excluding steroid dienone is 16. The lowest BCUT2D eigenvalue weighted by Gasteiger charge is -2.18. The first-order valence-electron chi connectivity index (χ1n) is 28.7. The molecule has 0 saturated carbocycles. The summed E-state index contributed by atoms with van der Waals surface area (Å²) in [6, 6.07) is 0. The second-order valence-corrected chi connectivity index (χ2v) is 18.8. The quantitative estimate of drug-likeness (QED) is 0.0262. The Kier molecular flexibility index (Phi) is 53.9. The van der Waals surface area contributed by atoms with Crippen LogP contribution in [0.4, 0.5) is 0 Å². The van der Waals surface area contributed by atoms with E-state index in [2.05, 4.69) is 118 Å². The van der Waals surface area contributed by atoms with Gasteiger partial charge in [-0.15, -0.1) is 0 Å². The summed E-state index contributed by atoms with van der Waals surface area (Å²) in [7, 11) is 0. The van der Waals surface area contributed by atoms with E-state index in [-0.39, 0.29) is 37.5 Å². The monoisotopic (exact) mass is 959 g/mol. The lowest BCUT2D eigenvalue weighted by molar-refractivity contribution is -0.167. The first-order valence-corrected chi connectivity index (χ1v) is 28.7. The predicted octanol–water partition coefficient (Wildman–Crippen LogP) is 19.3. The Hall–Kier alpha value is -3.67. The minimum Gasteiger partial charge on any atom is -0.462 e. The van der Waals surface area contributed by atoms with Crippen molar-refractivity contribution < 1.29 is 28.6 Å². The smallest absolute Gasteiger partial charge is 0.306 e. The molecule has 0 aromatic carbocycles. The van der Waals surface area contributed by atoms with Crippen molar-refractivity contribution in [1.82, 2.24) is 0 Å². The molecule has 0 bridgehead atoms. The van der Waals surface area contributed by atoms with Gasteiger partial charge in [0, 0.05) is 19.3 Å². The van der Waals surface area contributed by atoms with Gasteiger partial charge in [-0.05, 0) is 116 Å². The predicted molar refractivity (Wildman–Crippen MR) is 297 cm³/mol. The number of carbonyl (C=O) groups excluding carboxylic acids is 3. The van der Waals surface area contributed by atoms with Crippen LogP contribution in [-0.4, -0.2) is 37.2 Å². The SMILES string of the molecule is CC/C=C\C/C=C\C/C=C\C/C=C\CCCCCCCCC(=O)OCC(COC(=O)CCCCCCCCC/C=C\CCCCCC)OC(=O)CCC/C=C\C/C=C\C/C=C\CCCCCCCC. The highest BCUT2D eigenvalue weighted by Gasteiger charge is 2.19. The Bertz CT molecular complexity index is 1380. The molecule has 1 atom stereocenters. The van der Waals surface area contributed by atoms with E-state index in [1.165, 1.54) is 122 Å². The summed E-state index contributed by atoms with van der Waals surface area (Å²) in [6.07, 6.45) is 75.4.